The Labute approximate surface area is 131 Å². The maximum absolute atomic E-state index is 12.4. The molecule has 0 radical (unpaired) electrons. The Kier molecular flexibility index (Phi) is 7.13. The summed E-state index contributed by atoms with van der Waals surface area (Å²) in [5, 5.41) is 3.37. The van der Waals surface area contributed by atoms with E-state index in [1.807, 2.05) is 6.08 Å². The van der Waals surface area contributed by atoms with Crippen LogP contribution < -0.4 is 5.32 Å². The van der Waals surface area contributed by atoms with Gasteiger partial charge < -0.3 is 5.32 Å². The molecular weight excluding hydrogens is 291 g/mol. The molecule has 126 valence electrons. The lowest BCUT2D eigenvalue weighted by Crippen LogP contribution is -2.45. The van der Waals surface area contributed by atoms with Crippen LogP contribution in [0.15, 0.2) is 28.5 Å². The van der Waals surface area contributed by atoms with E-state index in [4.69, 9.17) is 0 Å². The highest BCUT2D eigenvalue weighted by atomic mass is 19.4. The Morgan fingerprint density at radius 3 is 2.41 bits per heavy atom. The zero-order valence-electron chi connectivity index (χ0n) is 13.6. The molecule has 0 atom stereocenters. The van der Waals surface area contributed by atoms with Gasteiger partial charge in [-0.3, -0.25) is 9.89 Å². The Morgan fingerprint density at radius 1 is 1.36 bits per heavy atom. The lowest BCUT2D eigenvalue weighted by atomic mass is 10.0. The van der Waals surface area contributed by atoms with Crippen molar-refractivity contribution in [3.8, 4) is 0 Å². The van der Waals surface area contributed by atoms with E-state index in [0.717, 1.165) is 5.70 Å². The van der Waals surface area contributed by atoms with E-state index in [0.29, 0.717) is 31.8 Å². The summed E-state index contributed by atoms with van der Waals surface area (Å²) in [6.45, 7) is 9.84. The van der Waals surface area contributed by atoms with Crippen molar-refractivity contribution in [3.05, 3.63) is 23.5 Å². The number of allylic oxidation sites excluding steroid dienone is 2. The first-order chi connectivity index (χ1) is 10.2. The van der Waals surface area contributed by atoms with E-state index < -0.39 is 12.7 Å². The molecule has 0 aliphatic carbocycles. The molecule has 0 amide bonds. The predicted molar refractivity (Wildman–Crippen MR) is 84.9 cm³/mol. The van der Waals surface area contributed by atoms with Gasteiger partial charge in [0, 0.05) is 25.3 Å². The summed E-state index contributed by atoms with van der Waals surface area (Å²) < 4.78 is 37.1. The second-order valence-corrected chi connectivity index (χ2v) is 6.12. The zero-order valence-corrected chi connectivity index (χ0v) is 13.6. The molecule has 0 unspecified atom stereocenters. The molecule has 1 aliphatic heterocycles. The molecule has 6 heteroatoms. The highest BCUT2D eigenvalue weighted by molar-refractivity contribution is 5.30. The summed E-state index contributed by atoms with van der Waals surface area (Å²) >= 11 is 0. The van der Waals surface area contributed by atoms with Gasteiger partial charge >= 0.3 is 6.18 Å². The highest BCUT2D eigenvalue weighted by Crippen LogP contribution is 2.20. The van der Waals surface area contributed by atoms with E-state index in [1.54, 1.807) is 6.20 Å². The van der Waals surface area contributed by atoms with E-state index in [1.165, 1.54) is 10.5 Å². The quantitative estimate of drug-likeness (QED) is 0.597. The second kappa shape index (κ2) is 8.36. The van der Waals surface area contributed by atoms with Crippen LogP contribution in [0.5, 0.6) is 0 Å². The molecule has 3 nitrogen and oxygen atoms in total. The molecule has 1 heterocycles. The first kappa shape index (κ1) is 18.7. The number of aliphatic imine (C=N–C) groups is 1. The maximum atomic E-state index is 12.4. The van der Waals surface area contributed by atoms with Crippen LogP contribution in [0.4, 0.5) is 13.2 Å². The van der Waals surface area contributed by atoms with E-state index in [-0.39, 0.29) is 6.04 Å². The standard InChI is InChI=1S/C16H26F3N3/c1-12(2)13(3)9-15(10-20-4)21-14-5-7-22(8-6-14)11-16(17,18)19/h9-10,12,14,21H,4-8,11H2,1-3H3/b13-9+,15-10+. The van der Waals surface area contributed by atoms with Crippen LogP contribution in [0.25, 0.3) is 0 Å². The third kappa shape index (κ3) is 7.11. The minimum Gasteiger partial charge on any atom is -0.381 e. The molecule has 0 aromatic rings. The van der Waals surface area contributed by atoms with Crippen LogP contribution in [0.2, 0.25) is 0 Å². The van der Waals surface area contributed by atoms with Crippen LogP contribution in [0, 0.1) is 5.92 Å². The van der Waals surface area contributed by atoms with Crippen molar-refractivity contribution in [1.29, 1.82) is 0 Å². The van der Waals surface area contributed by atoms with Gasteiger partial charge in [-0.25, -0.2) is 0 Å². The number of rotatable bonds is 6. The summed E-state index contributed by atoms with van der Waals surface area (Å²) in [6.07, 6.45) is 0.961. The SMILES string of the molecule is C=N/C=C(\C=C(/C)C(C)C)NC1CCN(CC(F)(F)F)CC1. The second-order valence-electron chi connectivity index (χ2n) is 6.12. The largest absolute Gasteiger partial charge is 0.401 e. The number of hydrogen-bond donors (Lipinski definition) is 1. The van der Waals surface area contributed by atoms with Crippen LogP contribution in [-0.4, -0.2) is 43.5 Å². The molecule has 22 heavy (non-hydrogen) atoms. The Balaban J connectivity index is 2.55. The van der Waals surface area contributed by atoms with Gasteiger partial charge in [-0.1, -0.05) is 19.4 Å². The minimum absolute atomic E-state index is 0.175. The molecule has 0 bridgehead atoms. The van der Waals surface area contributed by atoms with E-state index in [9.17, 15) is 13.2 Å². The number of nitrogens with one attached hydrogen (secondary N) is 1. The van der Waals surface area contributed by atoms with Crippen molar-refractivity contribution in [2.45, 2.75) is 45.8 Å². The number of piperidine rings is 1. The van der Waals surface area contributed by atoms with Gasteiger partial charge in [0.25, 0.3) is 0 Å². The fourth-order valence-electron chi connectivity index (χ4n) is 2.35. The first-order valence-corrected chi connectivity index (χ1v) is 7.61. The summed E-state index contributed by atoms with van der Waals surface area (Å²) in [5.41, 5.74) is 2.09. The molecular formula is C16H26F3N3. The van der Waals surface area contributed by atoms with Gasteiger partial charge in [0.1, 0.15) is 0 Å². The monoisotopic (exact) mass is 317 g/mol. The van der Waals surface area contributed by atoms with Gasteiger partial charge in [0.05, 0.1) is 12.2 Å². The summed E-state index contributed by atoms with van der Waals surface area (Å²) in [4.78, 5) is 5.26. The van der Waals surface area contributed by atoms with Gasteiger partial charge in [0.2, 0.25) is 0 Å². The number of alkyl halides is 3. The molecule has 0 spiro atoms. The molecule has 1 saturated heterocycles. The fraction of sp³-hybridized carbons (Fsp3) is 0.688. The van der Waals surface area contributed by atoms with Crippen LogP contribution in [0.1, 0.15) is 33.6 Å². The van der Waals surface area contributed by atoms with E-state index >= 15 is 0 Å². The fourth-order valence-corrected chi connectivity index (χ4v) is 2.35. The molecule has 0 aromatic carbocycles. The van der Waals surface area contributed by atoms with Crippen molar-refractivity contribution < 1.29 is 13.2 Å². The van der Waals surface area contributed by atoms with Gasteiger partial charge in [-0.15, -0.1) is 0 Å². The smallest absolute Gasteiger partial charge is 0.381 e. The van der Waals surface area contributed by atoms with E-state index in [2.05, 4.69) is 37.8 Å². The zero-order chi connectivity index (χ0) is 16.8. The predicted octanol–water partition coefficient (Wildman–Crippen LogP) is 3.75. The van der Waals surface area contributed by atoms with Gasteiger partial charge in [-0.2, -0.15) is 13.2 Å². The van der Waals surface area contributed by atoms with Crippen molar-refractivity contribution in [2.24, 2.45) is 10.9 Å². The highest BCUT2D eigenvalue weighted by Gasteiger charge is 2.32. The molecule has 0 aromatic heterocycles. The number of likely N-dealkylation sites (tertiary alicyclic amines) is 1. The molecule has 1 fully saturated rings. The van der Waals surface area contributed by atoms with Gasteiger partial charge in [-0.05, 0) is 38.5 Å². The summed E-state index contributed by atoms with van der Waals surface area (Å²) in [6, 6.07) is 0.175. The summed E-state index contributed by atoms with van der Waals surface area (Å²) in [5.74, 6) is 0.434. The van der Waals surface area contributed by atoms with Crippen LogP contribution >= 0.6 is 0 Å². The lowest BCUT2D eigenvalue weighted by molar-refractivity contribution is -0.148. The molecule has 1 N–H and O–H groups in total. The van der Waals surface area contributed by atoms with Crippen molar-refractivity contribution >= 4 is 6.72 Å². The number of hydrogen-bond acceptors (Lipinski definition) is 3. The Bertz CT molecular complexity index is 417. The average Bonchev–Trinajstić information content (AvgIpc) is 2.39. The Hall–Kier alpha value is -1.30. The lowest BCUT2D eigenvalue weighted by Gasteiger charge is -2.33. The van der Waals surface area contributed by atoms with Crippen molar-refractivity contribution in [2.75, 3.05) is 19.6 Å². The number of nitrogens with zero attached hydrogens (tertiary/aromatic N) is 2. The normalized spacial score (nSPS) is 19.6. The minimum atomic E-state index is -4.12. The van der Waals surface area contributed by atoms with Crippen molar-refractivity contribution in [1.82, 2.24) is 10.2 Å². The van der Waals surface area contributed by atoms with Gasteiger partial charge in [0.15, 0.2) is 0 Å². The Morgan fingerprint density at radius 2 is 1.95 bits per heavy atom. The third-order valence-electron chi connectivity index (χ3n) is 3.89. The van der Waals surface area contributed by atoms with Crippen molar-refractivity contribution in [3.63, 3.8) is 0 Å². The topological polar surface area (TPSA) is 27.6 Å². The first-order valence-electron chi connectivity index (χ1n) is 7.61. The third-order valence-corrected chi connectivity index (χ3v) is 3.89. The maximum Gasteiger partial charge on any atom is 0.401 e. The average molecular weight is 317 g/mol. The van der Waals surface area contributed by atoms with Crippen LogP contribution in [-0.2, 0) is 0 Å². The molecule has 1 aliphatic rings. The molecule has 0 saturated carbocycles. The number of halogens is 3. The van der Waals surface area contributed by atoms with Crippen LogP contribution in [0.3, 0.4) is 0 Å². The summed E-state index contributed by atoms with van der Waals surface area (Å²) in [7, 11) is 0. The molecule has 1 rings (SSSR count).